The molecule has 0 heterocycles. The summed E-state index contributed by atoms with van der Waals surface area (Å²) < 4.78 is 6.05. The molecular formula is C21H38N4O. The maximum Gasteiger partial charge on any atom is 0.191 e. The molecular weight excluding hydrogens is 324 g/mol. The summed E-state index contributed by atoms with van der Waals surface area (Å²) in [4.78, 5) is 6.77. The van der Waals surface area contributed by atoms with Crippen LogP contribution < -0.4 is 15.4 Å². The van der Waals surface area contributed by atoms with Gasteiger partial charge in [-0.1, -0.05) is 32.0 Å². The van der Waals surface area contributed by atoms with Gasteiger partial charge in [0.2, 0.25) is 0 Å². The molecule has 0 aliphatic rings. The second kappa shape index (κ2) is 11.8. The van der Waals surface area contributed by atoms with Crippen LogP contribution in [0.4, 0.5) is 0 Å². The zero-order chi connectivity index (χ0) is 19.4. The quantitative estimate of drug-likeness (QED) is 0.379. The predicted molar refractivity (Wildman–Crippen MR) is 112 cm³/mol. The van der Waals surface area contributed by atoms with Crippen LogP contribution in [0.25, 0.3) is 0 Å². The molecule has 2 N–H and O–H groups in total. The Morgan fingerprint density at radius 2 is 1.77 bits per heavy atom. The molecule has 0 fully saturated rings. The van der Waals surface area contributed by atoms with Crippen LogP contribution in [0.3, 0.4) is 0 Å². The van der Waals surface area contributed by atoms with E-state index in [0.717, 1.165) is 49.9 Å². The summed E-state index contributed by atoms with van der Waals surface area (Å²) in [5, 5.41) is 6.78. The van der Waals surface area contributed by atoms with Crippen molar-refractivity contribution in [1.29, 1.82) is 0 Å². The minimum Gasteiger partial charge on any atom is -0.488 e. The van der Waals surface area contributed by atoms with E-state index in [2.05, 4.69) is 61.2 Å². The van der Waals surface area contributed by atoms with Gasteiger partial charge < -0.3 is 20.3 Å². The van der Waals surface area contributed by atoms with Gasteiger partial charge in [0.05, 0.1) is 0 Å². The summed E-state index contributed by atoms with van der Waals surface area (Å²) in [5.41, 5.74) is 0.924. The van der Waals surface area contributed by atoms with Gasteiger partial charge in [-0.15, -0.1) is 0 Å². The fourth-order valence-electron chi connectivity index (χ4n) is 2.69. The van der Waals surface area contributed by atoms with Crippen LogP contribution in [-0.2, 0) is 6.54 Å². The Kier molecular flexibility index (Phi) is 10.1. The van der Waals surface area contributed by atoms with E-state index in [1.54, 1.807) is 0 Å². The van der Waals surface area contributed by atoms with E-state index in [1.165, 1.54) is 6.42 Å². The molecule has 0 bridgehead atoms. The monoisotopic (exact) mass is 362 g/mol. The van der Waals surface area contributed by atoms with Crippen molar-refractivity contribution in [3.63, 3.8) is 0 Å². The highest BCUT2D eigenvalue weighted by molar-refractivity contribution is 5.79. The van der Waals surface area contributed by atoms with Crippen LogP contribution in [0.1, 0.15) is 53.0 Å². The van der Waals surface area contributed by atoms with E-state index in [-0.39, 0.29) is 5.60 Å². The smallest absolute Gasteiger partial charge is 0.191 e. The summed E-state index contributed by atoms with van der Waals surface area (Å²) in [5.74, 6) is 1.75. The lowest BCUT2D eigenvalue weighted by atomic mass is 10.1. The third kappa shape index (κ3) is 9.09. The Morgan fingerprint density at radius 3 is 2.38 bits per heavy atom. The minimum absolute atomic E-state index is 0.207. The number of hydrogen-bond acceptors (Lipinski definition) is 3. The highest BCUT2D eigenvalue weighted by Crippen LogP contribution is 2.22. The SMILES string of the molecule is CCN(CC)CCCCNC(=NC)NCc1ccccc1OC(C)(C)C. The molecule has 26 heavy (non-hydrogen) atoms. The van der Waals surface area contributed by atoms with Crippen LogP contribution in [0.5, 0.6) is 5.75 Å². The molecule has 0 aliphatic carbocycles. The molecule has 0 radical (unpaired) electrons. The number of rotatable bonds is 10. The van der Waals surface area contributed by atoms with Gasteiger partial charge in [-0.05, 0) is 59.3 Å². The molecule has 1 rings (SSSR count). The molecule has 0 atom stereocenters. The van der Waals surface area contributed by atoms with Gasteiger partial charge >= 0.3 is 0 Å². The summed E-state index contributed by atoms with van der Waals surface area (Å²) in [7, 11) is 1.81. The molecule has 0 aliphatic heterocycles. The number of nitrogens with one attached hydrogen (secondary N) is 2. The van der Waals surface area contributed by atoms with Crippen molar-refractivity contribution < 1.29 is 4.74 Å². The number of para-hydroxylation sites is 1. The van der Waals surface area contributed by atoms with E-state index in [0.29, 0.717) is 6.54 Å². The van der Waals surface area contributed by atoms with Crippen molar-refractivity contribution in [1.82, 2.24) is 15.5 Å². The number of guanidine groups is 1. The first-order valence-electron chi connectivity index (χ1n) is 9.83. The second-order valence-corrected chi connectivity index (χ2v) is 7.41. The Morgan fingerprint density at radius 1 is 1.08 bits per heavy atom. The first kappa shape index (κ1) is 22.3. The molecule has 0 amide bonds. The topological polar surface area (TPSA) is 48.9 Å². The molecule has 0 spiro atoms. The second-order valence-electron chi connectivity index (χ2n) is 7.41. The Balaban J connectivity index is 2.41. The highest BCUT2D eigenvalue weighted by Gasteiger charge is 2.14. The van der Waals surface area contributed by atoms with Crippen LogP contribution in [0.2, 0.25) is 0 Å². The lowest BCUT2D eigenvalue weighted by Crippen LogP contribution is -2.37. The predicted octanol–water partition coefficient (Wildman–Crippen LogP) is 3.65. The summed E-state index contributed by atoms with van der Waals surface area (Å²) in [6.07, 6.45) is 2.34. The van der Waals surface area contributed by atoms with Gasteiger partial charge in [0, 0.05) is 25.7 Å². The molecule has 0 aromatic heterocycles. The fourth-order valence-corrected chi connectivity index (χ4v) is 2.69. The third-order valence-corrected chi connectivity index (χ3v) is 4.15. The summed E-state index contributed by atoms with van der Waals surface area (Å²) in [6.45, 7) is 15.7. The molecule has 1 aromatic carbocycles. The Labute approximate surface area is 160 Å². The third-order valence-electron chi connectivity index (χ3n) is 4.15. The zero-order valence-corrected chi connectivity index (χ0v) is 17.6. The maximum atomic E-state index is 6.05. The number of benzene rings is 1. The van der Waals surface area contributed by atoms with Crippen molar-refractivity contribution in [2.24, 2.45) is 4.99 Å². The van der Waals surface area contributed by atoms with Crippen molar-refractivity contribution in [2.75, 3.05) is 33.2 Å². The summed E-state index contributed by atoms with van der Waals surface area (Å²) >= 11 is 0. The minimum atomic E-state index is -0.207. The van der Waals surface area contributed by atoms with Crippen LogP contribution >= 0.6 is 0 Å². The van der Waals surface area contributed by atoms with Gasteiger partial charge in [-0.3, -0.25) is 4.99 Å². The Bertz CT molecular complexity index is 533. The number of ether oxygens (including phenoxy) is 1. The molecule has 0 saturated heterocycles. The largest absolute Gasteiger partial charge is 0.488 e. The van der Waals surface area contributed by atoms with E-state index >= 15 is 0 Å². The van der Waals surface area contributed by atoms with Crippen LogP contribution in [0.15, 0.2) is 29.3 Å². The van der Waals surface area contributed by atoms with Crippen molar-refractivity contribution in [2.45, 2.75) is 59.6 Å². The van der Waals surface area contributed by atoms with Crippen molar-refractivity contribution in [3.8, 4) is 5.75 Å². The molecule has 148 valence electrons. The van der Waals surface area contributed by atoms with Gasteiger partial charge in [0.15, 0.2) is 5.96 Å². The Hall–Kier alpha value is -1.75. The standard InChI is InChI=1S/C21H38N4O/c1-7-25(8-2)16-12-11-15-23-20(22-6)24-17-18-13-9-10-14-19(18)26-21(3,4)5/h9-10,13-14H,7-8,11-12,15-17H2,1-6H3,(H2,22,23,24). The normalized spacial score (nSPS) is 12.3. The molecule has 0 saturated carbocycles. The average molecular weight is 363 g/mol. The van der Waals surface area contributed by atoms with E-state index < -0.39 is 0 Å². The highest BCUT2D eigenvalue weighted by atomic mass is 16.5. The van der Waals surface area contributed by atoms with Gasteiger partial charge in [0.1, 0.15) is 11.4 Å². The molecule has 5 nitrogen and oxygen atoms in total. The number of aliphatic imine (C=N–C) groups is 1. The molecule has 5 heteroatoms. The molecule has 1 aromatic rings. The first-order chi connectivity index (χ1) is 12.4. The molecule has 0 unspecified atom stereocenters. The van der Waals surface area contributed by atoms with Crippen molar-refractivity contribution in [3.05, 3.63) is 29.8 Å². The van der Waals surface area contributed by atoms with E-state index in [4.69, 9.17) is 4.74 Å². The first-order valence-corrected chi connectivity index (χ1v) is 9.83. The van der Waals surface area contributed by atoms with Gasteiger partial charge in [-0.25, -0.2) is 0 Å². The lowest BCUT2D eigenvalue weighted by Gasteiger charge is -2.23. The number of nitrogens with zero attached hydrogens (tertiary/aromatic N) is 2. The fraction of sp³-hybridized carbons (Fsp3) is 0.667. The van der Waals surface area contributed by atoms with E-state index in [9.17, 15) is 0 Å². The maximum absolute atomic E-state index is 6.05. The summed E-state index contributed by atoms with van der Waals surface area (Å²) in [6, 6.07) is 8.15. The van der Waals surface area contributed by atoms with Gasteiger partial charge in [-0.2, -0.15) is 0 Å². The lowest BCUT2D eigenvalue weighted by molar-refractivity contribution is 0.129. The number of unbranched alkanes of at least 4 members (excludes halogenated alkanes) is 1. The average Bonchev–Trinajstić information content (AvgIpc) is 2.60. The zero-order valence-electron chi connectivity index (χ0n) is 17.6. The van der Waals surface area contributed by atoms with Crippen LogP contribution in [-0.4, -0.2) is 49.7 Å². The van der Waals surface area contributed by atoms with Crippen molar-refractivity contribution >= 4 is 5.96 Å². The van der Waals surface area contributed by atoms with Crippen LogP contribution in [0, 0.1) is 0 Å². The number of hydrogen-bond donors (Lipinski definition) is 2. The van der Waals surface area contributed by atoms with Gasteiger partial charge in [0.25, 0.3) is 0 Å². The van der Waals surface area contributed by atoms with E-state index in [1.807, 2.05) is 25.2 Å².